The van der Waals surface area contributed by atoms with E-state index < -0.39 is 0 Å². The molecule has 2 nitrogen and oxygen atoms in total. The van der Waals surface area contributed by atoms with Crippen LogP contribution in [-0.2, 0) is 12.8 Å². The van der Waals surface area contributed by atoms with Crippen LogP contribution in [-0.4, -0.2) is 11.0 Å². The van der Waals surface area contributed by atoms with Crippen LogP contribution in [0.3, 0.4) is 0 Å². The molecular formula is C17H22N2. The molecule has 0 aliphatic carbocycles. The molecule has 0 saturated carbocycles. The van der Waals surface area contributed by atoms with Gasteiger partial charge in [0.05, 0.1) is 0 Å². The van der Waals surface area contributed by atoms with E-state index in [0.717, 1.165) is 25.0 Å². The standard InChI is InChI=1S/C17H22N2/c1-13-6-7-15(11-14(13)2)12-16(18)8-9-17-5-3-4-10-19-17/h3-7,10-11,16H,8-9,12,18H2,1-2H3. The molecule has 0 bridgehead atoms. The molecule has 0 fully saturated rings. The Morgan fingerprint density at radius 3 is 2.63 bits per heavy atom. The van der Waals surface area contributed by atoms with E-state index in [1.54, 1.807) is 0 Å². The number of pyridine rings is 1. The molecule has 0 aliphatic heterocycles. The maximum absolute atomic E-state index is 6.21. The average Bonchev–Trinajstić information content (AvgIpc) is 2.42. The zero-order chi connectivity index (χ0) is 13.7. The van der Waals surface area contributed by atoms with Crippen molar-refractivity contribution < 1.29 is 0 Å². The molecule has 1 aromatic heterocycles. The maximum atomic E-state index is 6.21. The van der Waals surface area contributed by atoms with Crippen LogP contribution in [0.4, 0.5) is 0 Å². The number of hydrogen-bond acceptors (Lipinski definition) is 2. The van der Waals surface area contributed by atoms with Gasteiger partial charge in [-0.25, -0.2) is 0 Å². The Balaban J connectivity index is 1.87. The predicted octanol–water partition coefficient (Wildman–Crippen LogP) is 3.20. The van der Waals surface area contributed by atoms with Crippen molar-refractivity contribution in [2.24, 2.45) is 5.73 Å². The van der Waals surface area contributed by atoms with Gasteiger partial charge in [-0.3, -0.25) is 4.98 Å². The minimum Gasteiger partial charge on any atom is -0.327 e. The van der Waals surface area contributed by atoms with Crippen molar-refractivity contribution >= 4 is 0 Å². The summed E-state index contributed by atoms with van der Waals surface area (Å²) in [4.78, 5) is 4.33. The van der Waals surface area contributed by atoms with Crippen molar-refractivity contribution in [1.29, 1.82) is 0 Å². The molecule has 2 heteroatoms. The van der Waals surface area contributed by atoms with Crippen LogP contribution in [0.1, 0.15) is 28.8 Å². The monoisotopic (exact) mass is 254 g/mol. The topological polar surface area (TPSA) is 38.9 Å². The van der Waals surface area contributed by atoms with Crippen LogP contribution >= 0.6 is 0 Å². The first-order valence-electron chi connectivity index (χ1n) is 6.87. The molecule has 1 heterocycles. The van der Waals surface area contributed by atoms with Gasteiger partial charge < -0.3 is 5.73 Å². The normalized spacial score (nSPS) is 12.4. The Bertz CT molecular complexity index is 520. The fraction of sp³-hybridized carbons (Fsp3) is 0.353. The number of aryl methyl sites for hydroxylation is 3. The van der Waals surface area contributed by atoms with E-state index in [9.17, 15) is 0 Å². The van der Waals surface area contributed by atoms with Gasteiger partial charge in [0.15, 0.2) is 0 Å². The largest absolute Gasteiger partial charge is 0.327 e. The molecule has 100 valence electrons. The predicted molar refractivity (Wildman–Crippen MR) is 80.2 cm³/mol. The second kappa shape index (κ2) is 6.48. The van der Waals surface area contributed by atoms with Crippen LogP contribution < -0.4 is 5.73 Å². The first kappa shape index (κ1) is 13.8. The van der Waals surface area contributed by atoms with Crippen molar-refractivity contribution in [1.82, 2.24) is 4.98 Å². The van der Waals surface area contributed by atoms with E-state index in [0.29, 0.717) is 0 Å². The van der Waals surface area contributed by atoms with Crippen LogP contribution in [0.25, 0.3) is 0 Å². The van der Waals surface area contributed by atoms with Gasteiger partial charge in [0.1, 0.15) is 0 Å². The van der Waals surface area contributed by atoms with Crippen LogP contribution in [0, 0.1) is 13.8 Å². The summed E-state index contributed by atoms with van der Waals surface area (Å²) in [7, 11) is 0. The van der Waals surface area contributed by atoms with Gasteiger partial charge >= 0.3 is 0 Å². The highest BCUT2D eigenvalue weighted by atomic mass is 14.7. The van der Waals surface area contributed by atoms with Gasteiger partial charge in [-0.1, -0.05) is 24.3 Å². The smallest absolute Gasteiger partial charge is 0.0404 e. The minimum atomic E-state index is 0.198. The molecule has 0 saturated heterocycles. The van der Waals surface area contributed by atoms with Gasteiger partial charge in [-0.05, 0) is 61.9 Å². The molecule has 1 unspecified atom stereocenters. The third kappa shape index (κ3) is 4.18. The van der Waals surface area contributed by atoms with Crippen molar-refractivity contribution in [2.75, 3.05) is 0 Å². The number of nitrogens with two attached hydrogens (primary N) is 1. The highest BCUT2D eigenvalue weighted by Crippen LogP contribution is 2.12. The van der Waals surface area contributed by atoms with E-state index in [2.05, 4.69) is 43.1 Å². The van der Waals surface area contributed by atoms with Crippen LogP contribution in [0.2, 0.25) is 0 Å². The van der Waals surface area contributed by atoms with Crippen molar-refractivity contribution in [3.8, 4) is 0 Å². The van der Waals surface area contributed by atoms with Gasteiger partial charge in [0.25, 0.3) is 0 Å². The number of nitrogens with zero attached hydrogens (tertiary/aromatic N) is 1. The molecule has 0 aliphatic rings. The second-order valence-corrected chi connectivity index (χ2v) is 5.24. The molecule has 2 rings (SSSR count). The summed E-state index contributed by atoms with van der Waals surface area (Å²) in [5, 5.41) is 0. The Kier molecular flexibility index (Phi) is 4.69. The summed E-state index contributed by atoms with van der Waals surface area (Å²) in [5.41, 5.74) is 11.3. The lowest BCUT2D eigenvalue weighted by Crippen LogP contribution is -2.23. The van der Waals surface area contributed by atoms with Crippen molar-refractivity contribution in [2.45, 2.75) is 39.2 Å². The summed E-state index contributed by atoms with van der Waals surface area (Å²) >= 11 is 0. The number of rotatable bonds is 5. The van der Waals surface area contributed by atoms with Gasteiger partial charge in [0, 0.05) is 17.9 Å². The van der Waals surface area contributed by atoms with Crippen LogP contribution in [0.15, 0.2) is 42.6 Å². The summed E-state index contributed by atoms with van der Waals surface area (Å²) < 4.78 is 0. The molecule has 0 spiro atoms. The third-order valence-electron chi connectivity index (χ3n) is 3.57. The Morgan fingerprint density at radius 2 is 1.95 bits per heavy atom. The summed E-state index contributed by atoms with van der Waals surface area (Å²) in [6.07, 6.45) is 4.70. The molecular weight excluding hydrogens is 232 g/mol. The second-order valence-electron chi connectivity index (χ2n) is 5.24. The maximum Gasteiger partial charge on any atom is 0.0404 e. The molecule has 1 aromatic carbocycles. The summed E-state index contributed by atoms with van der Waals surface area (Å²) in [6.45, 7) is 4.29. The van der Waals surface area contributed by atoms with E-state index in [1.165, 1.54) is 16.7 Å². The average molecular weight is 254 g/mol. The Morgan fingerprint density at radius 1 is 1.11 bits per heavy atom. The first-order chi connectivity index (χ1) is 9.15. The molecule has 2 N–H and O–H groups in total. The first-order valence-corrected chi connectivity index (χ1v) is 6.87. The van der Waals surface area contributed by atoms with E-state index in [1.807, 2.05) is 18.3 Å². The molecule has 0 amide bonds. The summed E-state index contributed by atoms with van der Waals surface area (Å²) in [6, 6.07) is 12.8. The van der Waals surface area contributed by atoms with E-state index in [4.69, 9.17) is 5.73 Å². The van der Waals surface area contributed by atoms with Gasteiger partial charge in [-0.15, -0.1) is 0 Å². The van der Waals surface area contributed by atoms with Crippen LogP contribution in [0.5, 0.6) is 0 Å². The highest BCUT2D eigenvalue weighted by molar-refractivity contribution is 5.30. The van der Waals surface area contributed by atoms with E-state index in [-0.39, 0.29) is 6.04 Å². The zero-order valence-corrected chi connectivity index (χ0v) is 11.8. The SMILES string of the molecule is Cc1ccc(CC(N)CCc2ccccn2)cc1C. The van der Waals surface area contributed by atoms with E-state index >= 15 is 0 Å². The lowest BCUT2D eigenvalue weighted by molar-refractivity contribution is 0.605. The van der Waals surface area contributed by atoms with Gasteiger partial charge in [-0.2, -0.15) is 0 Å². The summed E-state index contributed by atoms with van der Waals surface area (Å²) in [5.74, 6) is 0. The number of aromatic nitrogens is 1. The lowest BCUT2D eigenvalue weighted by Gasteiger charge is -2.12. The minimum absolute atomic E-state index is 0.198. The Hall–Kier alpha value is -1.67. The quantitative estimate of drug-likeness (QED) is 0.890. The van der Waals surface area contributed by atoms with Crippen molar-refractivity contribution in [3.05, 3.63) is 65.0 Å². The number of benzene rings is 1. The fourth-order valence-electron chi connectivity index (χ4n) is 2.21. The molecule has 2 aromatic rings. The molecule has 19 heavy (non-hydrogen) atoms. The molecule has 0 radical (unpaired) electrons. The number of hydrogen-bond donors (Lipinski definition) is 1. The highest BCUT2D eigenvalue weighted by Gasteiger charge is 2.06. The lowest BCUT2D eigenvalue weighted by atomic mass is 9.98. The molecule has 1 atom stereocenters. The Labute approximate surface area is 115 Å². The third-order valence-corrected chi connectivity index (χ3v) is 3.57. The van der Waals surface area contributed by atoms with Crippen molar-refractivity contribution in [3.63, 3.8) is 0 Å². The van der Waals surface area contributed by atoms with Gasteiger partial charge in [0.2, 0.25) is 0 Å². The zero-order valence-electron chi connectivity index (χ0n) is 11.8. The fourth-order valence-corrected chi connectivity index (χ4v) is 2.21.